The molecule has 5 heteroatoms. The number of nitrogens with zero attached hydrogens (tertiary/aromatic N) is 1. The van der Waals surface area contributed by atoms with Crippen LogP contribution in [0.4, 0.5) is 0 Å². The summed E-state index contributed by atoms with van der Waals surface area (Å²) >= 11 is 12.3. The van der Waals surface area contributed by atoms with Crippen LogP contribution in [0.2, 0.25) is 4.34 Å². The zero-order valence-corrected chi connectivity index (χ0v) is 9.73. The molecule has 2 aromatic rings. The van der Waals surface area contributed by atoms with Crippen molar-refractivity contribution >= 4 is 50.2 Å². The second-order valence-corrected chi connectivity index (χ2v) is 6.10. The van der Waals surface area contributed by atoms with Crippen molar-refractivity contribution in [1.82, 2.24) is 4.98 Å². The second-order valence-electron chi connectivity index (χ2n) is 2.08. The summed E-state index contributed by atoms with van der Waals surface area (Å²) in [6.45, 7) is 0. The van der Waals surface area contributed by atoms with Crippen LogP contribution >= 0.6 is 50.2 Å². The first-order valence-corrected chi connectivity index (χ1v) is 5.93. The fourth-order valence-electron chi connectivity index (χ4n) is 0.813. The number of rotatable bonds is 1. The summed E-state index contributed by atoms with van der Waals surface area (Å²) in [6.07, 6.45) is 1.84. The predicted molar refractivity (Wildman–Crippen MR) is 58.1 cm³/mol. The molecule has 0 aromatic carbocycles. The molecule has 0 aliphatic heterocycles. The molecule has 0 spiro atoms. The van der Waals surface area contributed by atoms with E-state index in [1.807, 2.05) is 18.3 Å². The third-order valence-electron chi connectivity index (χ3n) is 1.29. The molecular formula is C7H3BrClNS2. The molecule has 0 saturated heterocycles. The largest absolute Gasteiger partial charge is 0.237 e. The van der Waals surface area contributed by atoms with Crippen molar-refractivity contribution in [2.24, 2.45) is 0 Å². The first-order valence-electron chi connectivity index (χ1n) is 3.13. The SMILES string of the molecule is Clc1ccc(-c2cnc(Br)s2)s1. The van der Waals surface area contributed by atoms with Crippen LogP contribution in [-0.2, 0) is 0 Å². The minimum Gasteiger partial charge on any atom is -0.237 e. The molecule has 62 valence electrons. The summed E-state index contributed by atoms with van der Waals surface area (Å²) in [4.78, 5) is 6.42. The standard InChI is InChI=1S/C7H3BrClNS2/c8-7-10-3-5(12-7)4-1-2-6(9)11-4/h1-3H. The van der Waals surface area contributed by atoms with Gasteiger partial charge in [-0.2, -0.15) is 0 Å². The van der Waals surface area contributed by atoms with Crippen LogP contribution < -0.4 is 0 Å². The van der Waals surface area contributed by atoms with Crippen LogP contribution in [0.1, 0.15) is 0 Å². The Balaban J connectivity index is 2.43. The maximum atomic E-state index is 5.81. The normalized spacial score (nSPS) is 10.5. The molecule has 12 heavy (non-hydrogen) atoms. The number of hydrogen-bond donors (Lipinski definition) is 0. The van der Waals surface area contributed by atoms with E-state index in [0.29, 0.717) is 0 Å². The first-order chi connectivity index (χ1) is 5.75. The molecule has 0 fully saturated rings. The van der Waals surface area contributed by atoms with Crippen LogP contribution in [-0.4, -0.2) is 4.98 Å². The third kappa shape index (κ3) is 1.71. The van der Waals surface area contributed by atoms with Gasteiger partial charge in [-0.25, -0.2) is 4.98 Å². The molecular weight excluding hydrogens is 278 g/mol. The molecule has 1 nitrogen and oxygen atoms in total. The maximum Gasteiger partial charge on any atom is 0.159 e. The van der Waals surface area contributed by atoms with Crippen molar-refractivity contribution in [3.63, 3.8) is 0 Å². The Hall–Kier alpha value is 0.1000. The minimum atomic E-state index is 0.814. The maximum absolute atomic E-state index is 5.81. The van der Waals surface area contributed by atoms with Crippen molar-refractivity contribution in [2.45, 2.75) is 0 Å². The molecule has 0 saturated carbocycles. The topological polar surface area (TPSA) is 12.9 Å². The zero-order valence-electron chi connectivity index (χ0n) is 5.75. The summed E-state index contributed by atoms with van der Waals surface area (Å²) in [5, 5.41) is 0. The van der Waals surface area contributed by atoms with Crippen molar-refractivity contribution in [1.29, 1.82) is 0 Å². The molecule has 0 bridgehead atoms. The second kappa shape index (κ2) is 3.46. The van der Waals surface area contributed by atoms with Crippen LogP contribution in [0.15, 0.2) is 22.2 Å². The molecule has 0 aliphatic carbocycles. The van der Waals surface area contributed by atoms with E-state index >= 15 is 0 Å². The molecule has 2 heterocycles. The number of thiazole rings is 1. The van der Waals surface area contributed by atoms with Crippen LogP contribution in [0.25, 0.3) is 9.75 Å². The monoisotopic (exact) mass is 279 g/mol. The highest BCUT2D eigenvalue weighted by atomic mass is 79.9. The average molecular weight is 281 g/mol. The van der Waals surface area contributed by atoms with E-state index in [-0.39, 0.29) is 0 Å². The van der Waals surface area contributed by atoms with Gasteiger partial charge in [0.05, 0.1) is 9.21 Å². The Morgan fingerprint density at radius 1 is 1.25 bits per heavy atom. The highest BCUT2D eigenvalue weighted by molar-refractivity contribution is 9.11. The summed E-state index contributed by atoms with van der Waals surface area (Å²) in [5.41, 5.74) is 0. The molecule has 2 aromatic heterocycles. The van der Waals surface area contributed by atoms with Gasteiger partial charge >= 0.3 is 0 Å². The quantitative estimate of drug-likeness (QED) is 0.759. The van der Waals surface area contributed by atoms with Crippen molar-refractivity contribution in [3.8, 4) is 9.75 Å². The van der Waals surface area contributed by atoms with E-state index in [2.05, 4.69) is 20.9 Å². The predicted octanol–water partition coefficient (Wildman–Crippen LogP) is 4.29. The number of hydrogen-bond acceptors (Lipinski definition) is 3. The fourth-order valence-corrected chi connectivity index (χ4v) is 3.20. The van der Waals surface area contributed by atoms with Crippen molar-refractivity contribution < 1.29 is 0 Å². The van der Waals surface area contributed by atoms with Gasteiger partial charge in [0.25, 0.3) is 0 Å². The van der Waals surface area contributed by atoms with Gasteiger partial charge in [0, 0.05) is 11.1 Å². The molecule has 0 atom stereocenters. The molecule has 0 unspecified atom stereocenters. The van der Waals surface area contributed by atoms with Gasteiger partial charge in [-0.1, -0.05) is 11.6 Å². The van der Waals surface area contributed by atoms with E-state index in [0.717, 1.165) is 13.1 Å². The minimum absolute atomic E-state index is 0.814. The lowest BCUT2D eigenvalue weighted by molar-refractivity contribution is 1.38. The average Bonchev–Trinajstić information content (AvgIpc) is 2.58. The Morgan fingerprint density at radius 3 is 2.58 bits per heavy atom. The van der Waals surface area contributed by atoms with E-state index < -0.39 is 0 Å². The zero-order chi connectivity index (χ0) is 8.55. The summed E-state index contributed by atoms with van der Waals surface area (Å²) in [5.74, 6) is 0. The fraction of sp³-hybridized carbons (Fsp3) is 0. The van der Waals surface area contributed by atoms with Gasteiger partial charge < -0.3 is 0 Å². The summed E-state index contributed by atoms with van der Waals surface area (Å²) in [7, 11) is 0. The summed E-state index contributed by atoms with van der Waals surface area (Å²) in [6, 6.07) is 3.90. The lowest BCUT2D eigenvalue weighted by atomic mass is 10.4. The smallest absolute Gasteiger partial charge is 0.159 e. The summed E-state index contributed by atoms with van der Waals surface area (Å²) < 4.78 is 1.72. The number of aromatic nitrogens is 1. The first kappa shape index (κ1) is 8.69. The van der Waals surface area contributed by atoms with Gasteiger partial charge in [-0.05, 0) is 28.1 Å². The number of thiophene rings is 1. The van der Waals surface area contributed by atoms with Gasteiger partial charge in [-0.15, -0.1) is 22.7 Å². The molecule has 0 aliphatic rings. The molecule has 0 amide bonds. The van der Waals surface area contributed by atoms with Gasteiger partial charge in [0.1, 0.15) is 0 Å². The Kier molecular flexibility index (Phi) is 2.50. The van der Waals surface area contributed by atoms with Gasteiger partial charge in [-0.3, -0.25) is 0 Å². The lowest BCUT2D eigenvalue weighted by Gasteiger charge is -1.84. The van der Waals surface area contributed by atoms with Gasteiger partial charge in [0.15, 0.2) is 3.92 Å². The van der Waals surface area contributed by atoms with Gasteiger partial charge in [0.2, 0.25) is 0 Å². The van der Waals surface area contributed by atoms with E-state index in [4.69, 9.17) is 11.6 Å². The van der Waals surface area contributed by atoms with Crippen LogP contribution in [0.5, 0.6) is 0 Å². The van der Waals surface area contributed by atoms with E-state index in [9.17, 15) is 0 Å². The number of halogens is 2. The molecule has 2 rings (SSSR count). The molecule has 0 N–H and O–H groups in total. The van der Waals surface area contributed by atoms with Crippen LogP contribution in [0, 0.1) is 0 Å². The molecule has 0 radical (unpaired) electrons. The Morgan fingerprint density at radius 2 is 2.08 bits per heavy atom. The highest BCUT2D eigenvalue weighted by Gasteiger charge is 2.04. The van der Waals surface area contributed by atoms with E-state index in [1.54, 1.807) is 22.7 Å². The highest BCUT2D eigenvalue weighted by Crippen LogP contribution is 2.35. The Labute approximate surface area is 91.2 Å². The van der Waals surface area contributed by atoms with Crippen LogP contribution in [0.3, 0.4) is 0 Å². The Bertz CT molecular complexity index is 357. The van der Waals surface area contributed by atoms with Crippen molar-refractivity contribution in [2.75, 3.05) is 0 Å². The third-order valence-corrected chi connectivity index (χ3v) is 4.20. The lowest BCUT2D eigenvalue weighted by Crippen LogP contribution is -1.57. The van der Waals surface area contributed by atoms with Crippen molar-refractivity contribution in [3.05, 3.63) is 26.6 Å². The van der Waals surface area contributed by atoms with E-state index in [1.165, 1.54) is 4.88 Å².